The van der Waals surface area contributed by atoms with E-state index in [9.17, 15) is 13.2 Å². The first-order valence-corrected chi connectivity index (χ1v) is 9.33. The number of hydrogen-bond acceptors (Lipinski definition) is 4. The molecule has 0 spiro atoms. The second kappa shape index (κ2) is 6.23. The average Bonchev–Trinajstić information content (AvgIpc) is 2.91. The smallest absolute Gasteiger partial charge is 0.240 e. The Morgan fingerprint density at radius 2 is 1.78 bits per heavy atom. The molecule has 3 aromatic rings. The number of carbonyl (C=O) groups is 1. The fourth-order valence-corrected chi connectivity index (χ4v) is 4.40. The molecule has 0 radical (unpaired) electrons. The summed E-state index contributed by atoms with van der Waals surface area (Å²) < 4.78 is 28.3. The number of nitrogens with one attached hydrogen (secondary N) is 1. The zero-order valence-corrected chi connectivity index (χ0v) is 14.1. The Morgan fingerprint density at radius 3 is 2.48 bits per heavy atom. The summed E-state index contributed by atoms with van der Waals surface area (Å²) in [5.74, 6) is 0. The van der Waals surface area contributed by atoms with Crippen molar-refractivity contribution in [1.82, 2.24) is 4.72 Å². The van der Waals surface area contributed by atoms with Gasteiger partial charge in [-0.2, -0.15) is 0 Å². The van der Waals surface area contributed by atoms with Crippen molar-refractivity contribution in [3.05, 3.63) is 64.5 Å². The van der Waals surface area contributed by atoms with Gasteiger partial charge >= 0.3 is 0 Å². The standard InChI is InChI=1S/C17H15NO3S2/c1-12-6-8-13(9-7-12)23(20,21)18-10-15-14-4-2-3-5-16(14)22-17(15)11-19/h2-9,11,18H,10H2,1H3. The molecule has 1 heterocycles. The first-order chi connectivity index (χ1) is 11.0. The van der Waals surface area contributed by atoms with Gasteiger partial charge in [0.1, 0.15) is 0 Å². The molecular weight excluding hydrogens is 330 g/mol. The van der Waals surface area contributed by atoms with E-state index >= 15 is 0 Å². The van der Waals surface area contributed by atoms with Crippen LogP contribution < -0.4 is 4.72 Å². The van der Waals surface area contributed by atoms with Crippen LogP contribution in [0.2, 0.25) is 0 Å². The van der Waals surface area contributed by atoms with Crippen molar-refractivity contribution in [2.45, 2.75) is 18.4 Å². The van der Waals surface area contributed by atoms with E-state index in [1.54, 1.807) is 24.3 Å². The van der Waals surface area contributed by atoms with Gasteiger partial charge in [0.15, 0.2) is 6.29 Å². The monoisotopic (exact) mass is 345 g/mol. The maximum Gasteiger partial charge on any atom is 0.240 e. The molecule has 1 aromatic heterocycles. The van der Waals surface area contributed by atoms with Crippen molar-refractivity contribution >= 4 is 37.7 Å². The lowest BCUT2D eigenvalue weighted by molar-refractivity contribution is 0.112. The fourth-order valence-electron chi connectivity index (χ4n) is 2.36. The van der Waals surface area contributed by atoms with Gasteiger partial charge in [0, 0.05) is 11.2 Å². The molecule has 0 aliphatic heterocycles. The molecule has 0 atom stereocenters. The number of sulfonamides is 1. The summed E-state index contributed by atoms with van der Waals surface area (Å²) >= 11 is 1.37. The van der Waals surface area contributed by atoms with E-state index in [4.69, 9.17) is 0 Å². The van der Waals surface area contributed by atoms with Gasteiger partial charge in [-0.1, -0.05) is 35.9 Å². The Bertz CT molecular complexity index is 957. The molecule has 0 fully saturated rings. The quantitative estimate of drug-likeness (QED) is 0.720. The van der Waals surface area contributed by atoms with Crippen molar-refractivity contribution in [2.75, 3.05) is 0 Å². The normalized spacial score (nSPS) is 11.7. The highest BCUT2D eigenvalue weighted by atomic mass is 32.2. The number of carbonyl (C=O) groups excluding carboxylic acids is 1. The Kier molecular flexibility index (Phi) is 4.30. The van der Waals surface area contributed by atoms with Gasteiger partial charge in [-0.15, -0.1) is 11.3 Å². The average molecular weight is 345 g/mol. The number of benzene rings is 2. The third kappa shape index (κ3) is 3.19. The Balaban J connectivity index is 1.91. The Labute approximate surface area is 138 Å². The molecule has 0 saturated carbocycles. The predicted molar refractivity (Wildman–Crippen MR) is 92.4 cm³/mol. The second-order valence-electron chi connectivity index (χ2n) is 5.20. The number of aryl methyl sites for hydroxylation is 1. The van der Waals surface area contributed by atoms with Crippen molar-refractivity contribution in [3.8, 4) is 0 Å². The summed E-state index contributed by atoms with van der Waals surface area (Å²) in [6.45, 7) is 1.99. The third-order valence-corrected chi connectivity index (χ3v) is 6.16. The lowest BCUT2D eigenvalue weighted by atomic mass is 10.1. The SMILES string of the molecule is Cc1ccc(S(=O)(=O)NCc2c(C=O)sc3ccccc23)cc1. The molecule has 2 aromatic carbocycles. The minimum Gasteiger partial charge on any atom is -0.297 e. The van der Waals surface area contributed by atoms with Gasteiger partial charge < -0.3 is 0 Å². The van der Waals surface area contributed by atoms with Gasteiger partial charge in [0.05, 0.1) is 9.77 Å². The first kappa shape index (κ1) is 15.9. The molecule has 0 aliphatic carbocycles. The summed E-state index contributed by atoms with van der Waals surface area (Å²) in [5.41, 5.74) is 1.72. The number of aldehydes is 1. The van der Waals surface area contributed by atoms with Crippen LogP contribution in [0.5, 0.6) is 0 Å². The largest absolute Gasteiger partial charge is 0.297 e. The van der Waals surface area contributed by atoms with Crippen LogP contribution in [0.3, 0.4) is 0 Å². The molecule has 6 heteroatoms. The summed E-state index contributed by atoms with van der Waals surface area (Å²) in [6, 6.07) is 14.2. The lowest BCUT2D eigenvalue weighted by Crippen LogP contribution is -2.23. The number of rotatable bonds is 5. The maximum absolute atomic E-state index is 12.4. The topological polar surface area (TPSA) is 63.2 Å². The molecule has 1 N–H and O–H groups in total. The molecule has 23 heavy (non-hydrogen) atoms. The minimum atomic E-state index is -3.61. The molecule has 0 aliphatic rings. The van der Waals surface area contributed by atoms with E-state index in [1.165, 1.54) is 11.3 Å². The molecule has 4 nitrogen and oxygen atoms in total. The van der Waals surface area contributed by atoms with Crippen LogP contribution in [0.25, 0.3) is 10.1 Å². The highest BCUT2D eigenvalue weighted by Crippen LogP contribution is 2.30. The summed E-state index contributed by atoms with van der Waals surface area (Å²) in [7, 11) is -3.61. The van der Waals surface area contributed by atoms with E-state index in [0.717, 1.165) is 27.5 Å². The van der Waals surface area contributed by atoms with E-state index in [-0.39, 0.29) is 11.4 Å². The van der Waals surface area contributed by atoms with Crippen molar-refractivity contribution in [1.29, 1.82) is 0 Å². The summed E-state index contributed by atoms with van der Waals surface area (Å²) in [4.78, 5) is 12.0. The lowest BCUT2D eigenvalue weighted by Gasteiger charge is -2.07. The number of fused-ring (bicyclic) bond motifs is 1. The van der Waals surface area contributed by atoms with Gasteiger partial charge in [-0.3, -0.25) is 4.79 Å². The van der Waals surface area contributed by atoms with Crippen LogP contribution in [0.1, 0.15) is 20.8 Å². The van der Waals surface area contributed by atoms with E-state index in [0.29, 0.717) is 4.88 Å². The van der Waals surface area contributed by atoms with E-state index in [1.807, 2.05) is 31.2 Å². The van der Waals surface area contributed by atoms with Gasteiger partial charge in [0.25, 0.3) is 0 Å². The highest BCUT2D eigenvalue weighted by Gasteiger charge is 2.17. The Morgan fingerprint density at radius 1 is 1.09 bits per heavy atom. The summed E-state index contributed by atoms with van der Waals surface area (Å²) in [5, 5.41) is 0.909. The van der Waals surface area contributed by atoms with Crippen LogP contribution in [0, 0.1) is 6.92 Å². The molecule has 0 saturated heterocycles. The first-order valence-electron chi connectivity index (χ1n) is 7.03. The van der Waals surface area contributed by atoms with Crippen molar-refractivity contribution in [3.63, 3.8) is 0 Å². The van der Waals surface area contributed by atoms with Crippen LogP contribution in [0.4, 0.5) is 0 Å². The van der Waals surface area contributed by atoms with Crippen LogP contribution >= 0.6 is 11.3 Å². The fraction of sp³-hybridized carbons (Fsp3) is 0.118. The van der Waals surface area contributed by atoms with Gasteiger partial charge in [-0.25, -0.2) is 13.1 Å². The third-order valence-electron chi connectivity index (χ3n) is 3.61. The van der Waals surface area contributed by atoms with Gasteiger partial charge in [-0.05, 0) is 36.1 Å². The van der Waals surface area contributed by atoms with Gasteiger partial charge in [0.2, 0.25) is 10.0 Å². The van der Waals surface area contributed by atoms with Crippen LogP contribution in [-0.2, 0) is 16.6 Å². The van der Waals surface area contributed by atoms with E-state index in [2.05, 4.69) is 4.72 Å². The summed E-state index contributed by atoms with van der Waals surface area (Å²) in [6.07, 6.45) is 0.778. The number of thiophene rings is 1. The van der Waals surface area contributed by atoms with Crippen molar-refractivity contribution in [2.24, 2.45) is 0 Å². The van der Waals surface area contributed by atoms with Crippen LogP contribution in [0.15, 0.2) is 53.4 Å². The molecule has 0 amide bonds. The van der Waals surface area contributed by atoms with E-state index < -0.39 is 10.0 Å². The van der Waals surface area contributed by atoms with Crippen molar-refractivity contribution < 1.29 is 13.2 Å². The zero-order chi connectivity index (χ0) is 16.4. The molecule has 0 unspecified atom stereocenters. The maximum atomic E-state index is 12.4. The highest BCUT2D eigenvalue weighted by molar-refractivity contribution is 7.89. The second-order valence-corrected chi connectivity index (χ2v) is 8.05. The zero-order valence-electron chi connectivity index (χ0n) is 12.4. The van der Waals surface area contributed by atoms with Crippen LogP contribution in [-0.4, -0.2) is 14.7 Å². The Hall–Kier alpha value is -2.02. The predicted octanol–water partition coefficient (Wildman–Crippen LogP) is 3.50. The molecule has 118 valence electrons. The molecular formula is C17H15NO3S2. The number of hydrogen-bond donors (Lipinski definition) is 1. The molecule has 3 rings (SSSR count). The molecule has 0 bridgehead atoms. The minimum absolute atomic E-state index is 0.0916.